The first kappa shape index (κ1) is 42.6. The number of esters is 6. The van der Waals surface area contributed by atoms with E-state index < -0.39 is 94.8 Å². The summed E-state index contributed by atoms with van der Waals surface area (Å²) in [6.45, 7) is 11.2. The molecule has 3 rings (SSSR count). The molecule has 10 atom stereocenters. The standard InChI is InChI=1S/C38H56O14/c1-9-11-12-13-14-16-32(43)51-29-20-28(49-24(5)40)36(7)27(48-23(4)39)18-17-26(21-47-31(42)15-10-2)19-30-38(46,22(3)35(44)52-30)34(50-25(6)41)33(36)37(29,8)45/h17-19,22,27-30,33-34,45-46H,9-16,20-21H2,1-8H3/b18-17-,26-19+/t22?,27-,28-,29+,30-,33+,34-,36-,37+,38-/m0/s1. The summed E-state index contributed by atoms with van der Waals surface area (Å²) in [6.07, 6.45) is 1.56. The Balaban J connectivity index is 2.33. The molecule has 0 radical (unpaired) electrons. The molecule has 1 saturated carbocycles. The molecule has 1 heterocycles. The highest BCUT2D eigenvalue weighted by atomic mass is 16.6. The monoisotopic (exact) mass is 736 g/mol. The fourth-order valence-corrected chi connectivity index (χ4v) is 7.83. The minimum absolute atomic E-state index is 0.0461. The van der Waals surface area contributed by atoms with Gasteiger partial charge in [0, 0.05) is 46.0 Å². The van der Waals surface area contributed by atoms with Crippen molar-refractivity contribution in [3.05, 3.63) is 23.8 Å². The average molecular weight is 737 g/mol. The van der Waals surface area contributed by atoms with Gasteiger partial charge in [-0.25, -0.2) is 0 Å². The van der Waals surface area contributed by atoms with Gasteiger partial charge in [0.2, 0.25) is 0 Å². The third-order valence-electron chi connectivity index (χ3n) is 10.5. The van der Waals surface area contributed by atoms with Gasteiger partial charge in [-0.2, -0.15) is 0 Å². The van der Waals surface area contributed by atoms with Crippen LogP contribution in [0.3, 0.4) is 0 Å². The summed E-state index contributed by atoms with van der Waals surface area (Å²) in [5, 5.41) is 25.5. The van der Waals surface area contributed by atoms with Crippen molar-refractivity contribution in [2.75, 3.05) is 6.61 Å². The van der Waals surface area contributed by atoms with Crippen LogP contribution in [0.5, 0.6) is 0 Å². The van der Waals surface area contributed by atoms with Crippen molar-refractivity contribution in [2.24, 2.45) is 17.3 Å². The lowest BCUT2D eigenvalue weighted by molar-refractivity contribution is -0.286. The van der Waals surface area contributed by atoms with Gasteiger partial charge >= 0.3 is 35.8 Å². The maximum absolute atomic E-state index is 13.3. The molecule has 14 nitrogen and oxygen atoms in total. The SMILES string of the molecule is CCCCCCCC(=O)O[C@@H]1C[C@H](OC(C)=O)[C@]2(C)[C@@H](OC(C)=O)/C=C\C(COC(=O)CCC)=C/[C@@H]3OC(=O)C(C)[C@@]3(O)[C@@H](OC(C)=O)[C@H]2[C@]1(C)O. The molecule has 1 saturated heterocycles. The summed E-state index contributed by atoms with van der Waals surface area (Å²) in [6, 6.07) is 0. The fraction of sp³-hybridized carbons (Fsp3) is 0.737. The van der Waals surface area contributed by atoms with Crippen molar-refractivity contribution in [3.63, 3.8) is 0 Å². The molecule has 0 aromatic carbocycles. The van der Waals surface area contributed by atoms with Crippen LogP contribution < -0.4 is 0 Å². The molecule has 3 aliphatic rings. The first-order valence-electron chi connectivity index (χ1n) is 18.2. The summed E-state index contributed by atoms with van der Waals surface area (Å²) in [7, 11) is 0. The van der Waals surface area contributed by atoms with E-state index in [-0.39, 0.29) is 31.4 Å². The normalized spacial score (nSPS) is 35.7. The zero-order valence-corrected chi connectivity index (χ0v) is 31.6. The van der Waals surface area contributed by atoms with E-state index in [0.29, 0.717) is 12.8 Å². The van der Waals surface area contributed by atoms with Gasteiger partial charge in [-0.3, -0.25) is 28.8 Å². The van der Waals surface area contributed by atoms with Gasteiger partial charge in [-0.05, 0) is 44.4 Å². The van der Waals surface area contributed by atoms with Crippen LogP contribution in [0.15, 0.2) is 23.8 Å². The molecule has 0 bridgehead atoms. The molecule has 292 valence electrons. The zero-order valence-electron chi connectivity index (χ0n) is 31.6. The van der Waals surface area contributed by atoms with E-state index in [4.69, 9.17) is 28.4 Å². The number of hydrogen-bond donors (Lipinski definition) is 2. The number of fused-ring (bicyclic) bond motifs is 2. The van der Waals surface area contributed by atoms with Gasteiger partial charge in [-0.15, -0.1) is 0 Å². The Morgan fingerprint density at radius 3 is 2.06 bits per heavy atom. The minimum Gasteiger partial charge on any atom is -0.462 e. The van der Waals surface area contributed by atoms with Crippen LogP contribution in [-0.2, 0) is 57.2 Å². The molecule has 2 aliphatic carbocycles. The smallest absolute Gasteiger partial charge is 0.312 e. The van der Waals surface area contributed by atoms with Gasteiger partial charge in [-0.1, -0.05) is 52.5 Å². The van der Waals surface area contributed by atoms with E-state index in [9.17, 15) is 39.0 Å². The Hall–Kier alpha value is -3.78. The van der Waals surface area contributed by atoms with Crippen molar-refractivity contribution in [2.45, 2.75) is 155 Å². The van der Waals surface area contributed by atoms with Gasteiger partial charge in [0.1, 0.15) is 36.6 Å². The van der Waals surface area contributed by atoms with Gasteiger partial charge in [0.25, 0.3) is 0 Å². The number of aliphatic hydroxyl groups is 2. The largest absolute Gasteiger partial charge is 0.462 e. The van der Waals surface area contributed by atoms with Gasteiger partial charge in [0.05, 0.1) is 11.3 Å². The van der Waals surface area contributed by atoms with Crippen molar-refractivity contribution in [1.29, 1.82) is 0 Å². The lowest BCUT2D eigenvalue weighted by Crippen LogP contribution is -2.74. The lowest BCUT2D eigenvalue weighted by Gasteiger charge is -2.60. The molecule has 14 heteroatoms. The van der Waals surface area contributed by atoms with Crippen LogP contribution in [-0.4, -0.2) is 94.4 Å². The van der Waals surface area contributed by atoms with Crippen molar-refractivity contribution in [3.8, 4) is 0 Å². The second-order valence-corrected chi connectivity index (χ2v) is 14.6. The molecule has 52 heavy (non-hydrogen) atoms. The van der Waals surface area contributed by atoms with Crippen molar-refractivity contribution in [1.82, 2.24) is 0 Å². The number of rotatable bonds is 14. The number of ether oxygens (including phenoxy) is 6. The van der Waals surface area contributed by atoms with Crippen LogP contribution >= 0.6 is 0 Å². The second kappa shape index (κ2) is 17.8. The third kappa shape index (κ3) is 9.41. The molecule has 0 aromatic rings. The van der Waals surface area contributed by atoms with E-state index in [1.165, 1.54) is 39.0 Å². The molecular formula is C38H56O14. The van der Waals surface area contributed by atoms with Crippen molar-refractivity contribution < 1.29 is 67.4 Å². The van der Waals surface area contributed by atoms with Crippen LogP contribution in [0.25, 0.3) is 0 Å². The van der Waals surface area contributed by atoms with Crippen LogP contribution in [0.4, 0.5) is 0 Å². The quantitative estimate of drug-likeness (QED) is 0.148. The van der Waals surface area contributed by atoms with E-state index in [2.05, 4.69) is 6.92 Å². The summed E-state index contributed by atoms with van der Waals surface area (Å²) in [5.74, 6) is -7.38. The number of hydrogen-bond acceptors (Lipinski definition) is 14. The topological polar surface area (TPSA) is 198 Å². The van der Waals surface area contributed by atoms with E-state index in [0.717, 1.165) is 46.5 Å². The molecule has 2 fully saturated rings. The van der Waals surface area contributed by atoms with Crippen LogP contribution in [0, 0.1) is 17.3 Å². The minimum atomic E-state index is -2.42. The van der Waals surface area contributed by atoms with Crippen LogP contribution in [0.2, 0.25) is 0 Å². The molecule has 1 aliphatic heterocycles. The maximum Gasteiger partial charge on any atom is 0.312 e. The third-order valence-corrected chi connectivity index (χ3v) is 10.5. The summed E-state index contributed by atoms with van der Waals surface area (Å²) in [5.41, 5.74) is -6.14. The Labute approximate surface area is 305 Å². The maximum atomic E-state index is 13.3. The Bertz CT molecular complexity index is 1400. The Kier molecular flexibility index (Phi) is 14.6. The van der Waals surface area contributed by atoms with E-state index in [1.807, 2.05) is 0 Å². The summed E-state index contributed by atoms with van der Waals surface area (Å²) >= 11 is 0. The predicted molar refractivity (Wildman–Crippen MR) is 184 cm³/mol. The van der Waals surface area contributed by atoms with E-state index in [1.54, 1.807) is 6.92 Å². The molecule has 2 N–H and O–H groups in total. The second-order valence-electron chi connectivity index (χ2n) is 14.6. The molecule has 0 aromatic heterocycles. The average Bonchev–Trinajstić information content (AvgIpc) is 3.26. The summed E-state index contributed by atoms with van der Waals surface area (Å²) in [4.78, 5) is 77.3. The zero-order chi connectivity index (χ0) is 39.0. The first-order chi connectivity index (χ1) is 24.3. The van der Waals surface area contributed by atoms with Gasteiger partial charge < -0.3 is 38.6 Å². The predicted octanol–water partition coefficient (Wildman–Crippen LogP) is 3.96. The van der Waals surface area contributed by atoms with Crippen molar-refractivity contribution >= 4 is 35.8 Å². The van der Waals surface area contributed by atoms with Gasteiger partial charge in [0.15, 0.2) is 11.7 Å². The number of carbonyl (C=O) groups is 6. The highest BCUT2D eigenvalue weighted by Crippen LogP contribution is 2.58. The lowest BCUT2D eigenvalue weighted by atomic mass is 9.51. The molecule has 0 amide bonds. The molecule has 0 spiro atoms. The van der Waals surface area contributed by atoms with E-state index >= 15 is 0 Å². The Morgan fingerprint density at radius 1 is 0.827 bits per heavy atom. The highest BCUT2D eigenvalue weighted by Gasteiger charge is 2.72. The summed E-state index contributed by atoms with van der Waals surface area (Å²) < 4.78 is 34.7. The first-order valence-corrected chi connectivity index (χ1v) is 18.2. The highest BCUT2D eigenvalue weighted by molar-refractivity contribution is 5.78. The Morgan fingerprint density at radius 2 is 1.46 bits per heavy atom. The fourth-order valence-electron chi connectivity index (χ4n) is 7.83. The molecular weight excluding hydrogens is 680 g/mol. The van der Waals surface area contributed by atoms with Crippen LogP contribution in [0.1, 0.15) is 113 Å². The number of carbonyl (C=O) groups excluding carboxylic acids is 6. The molecule has 1 unspecified atom stereocenters. The number of unbranched alkanes of at least 4 members (excludes halogenated alkanes) is 4.